The number of rotatable bonds is 5. The van der Waals surface area contributed by atoms with Gasteiger partial charge in [0.15, 0.2) is 0 Å². The Labute approximate surface area is 202 Å². The van der Waals surface area contributed by atoms with Gasteiger partial charge in [-0.2, -0.15) is 5.10 Å². The number of aromatic nitrogens is 2. The van der Waals surface area contributed by atoms with Crippen molar-refractivity contribution in [3.63, 3.8) is 0 Å². The van der Waals surface area contributed by atoms with E-state index in [9.17, 15) is 9.59 Å². The molecule has 1 aliphatic heterocycles. The van der Waals surface area contributed by atoms with Gasteiger partial charge in [0.1, 0.15) is 5.69 Å². The molecule has 1 aliphatic rings. The molecule has 7 heteroatoms. The summed E-state index contributed by atoms with van der Waals surface area (Å²) in [6, 6.07) is 22.0. The van der Waals surface area contributed by atoms with Crippen molar-refractivity contribution in [2.45, 2.75) is 19.9 Å². The van der Waals surface area contributed by atoms with Crippen molar-refractivity contribution in [1.29, 1.82) is 0 Å². The number of halogens is 1. The smallest absolute Gasteiger partial charge is 0.338 e. The summed E-state index contributed by atoms with van der Waals surface area (Å²) in [6.45, 7) is 4.09. The van der Waals surface area contributed by atoms with E-state index >= 15 is 0 Å². The quantitative estimate of drug-likeness (QED) is 0.364. The summed E-state index contributed by atoms with van der Waals surface area (Å²) in [5.74, 6) is -0.586. The Balaban J connectivity index is 1.63. The number of fused-ring (bicyclic) bond motifs is 1. The number of esters is 1. The average Bonchev–Trinajstić information content (AvgIpc) is 3.39. The molecule has 0 unspecified atom stereocenters. The first-order chi connectivity index (χ1) is 16.5. The van der Waals surface area contributed by atoms with Gasteiger partial charge in [0, 0.05) is 21.8 Å². The highest BCUT2D eigenvalue weighted by atomic mass is 35.5. The zero-order valence-corrected chi connectivity index (χ0v) is 19.5. The number of hydrogen-bond acceptors (Lipinski definition) is 4. The summed E-state index contributed by atoms with van der Waals surface area (Å²) in [5.41, 5.74) is 6.06. The van der Waals surface area contributed by atoms with Crippen LogP contribution < -0.4 is 4.90 Å². The number of aryl methyl sites for hydroxylation is 1. The number of amides is 1. The monoisotopic (exact) mass is 471 g/mol. The van der Waals surface area contributed by atoms with Gasteiger partial charge >= 0.3 is 5.97 Å². The zero-order valence-electron chi connectivity index (χ0n) is 18.7. The molecule has 6 nitrogen and oxygen atoms in total. The van der Waals surface area contributed by atoms with Crippen LogP contribution in [0.15, 0.2) is 72.8 Å². The zero-order chi connectivity index (χ0) is 23.8. The average molecular weight is 472 g/mol. The number of ether oxygens (including phenoxy) is 1. The van der Waals surface area contributed by atoms with Gasteiger partial charge in [0.25, 0.3) is 5.91 Å². The predicted molar refractivity (Wildman–Crippen MR) is 131 cm³/mol. The summed E-state index contributed by atoms with van der Waals surface area (Å²) in [5, 5.41) is 8.09. The molecular formula is C27H22ClN3O3. The van der Waals surface area contributed by atoms with E-state index in [4.69, 9.17) is 16.3 Å². The van der Waals surface area contributed by atoms with Gasteiger partial charge in [-0.05, 0) is 55.8 Å². The molecule has 0 radical (unpaired) electrons. The maximum Gasteiger partial charge on any atom is 0.338 e. The molecule has 4 aromatic rings. The third-order valence-corrected chi connectivity index (χ3v) is 6.19. The van der Waals surface area contributed by atoms with Gasteiger partial charge in [0.2, 0.25) is 0 Å². The largest absolute Gasteiger partial charge is 0.462 e. The Bertz CT molecular complexity index is 1360. The summed E-state index contributed by atoms with van der Waals surface area (Å²) in [7, 11) is 0. The van der Waals surface area contributed by atoms with Crippen molar-refractivity contribution < 1.29 is 14.3 Å². The fourth-order valence-corrected chi connectivity index (χ4v) is 4.40. The van der Waals surface area contributed by atoms with Crippen molar-refractivity contribution in [2.24, 2.45) is 0 Å². The Morgan fingerprint density at radius 2 is 1.71 bits per heavy atom. The SMILES string of the molecule is CCOC(=O)c1ccc(N2C(=O)c3[nH]nc(-c4ccc(C)cc4)c3[C@H]2c2ccc(Cl)cc2)cc1. The van der Waals surface area contributed by atoms with Crippen LogP contribution in [0.25, 0.3) is 11.3 Å². The van der Waals surface area contributed by atoms with Gasteiger partial charge in [-0.3, -0.25) is 14.8 Å². The molecule has 0 bridgehead atoms. The van der Waals surface area contributed by atoms with E-state index < -0.39 is 12.0 Å². The lowest BCUT2D eigenvalue weighted by Crippen LogP contribution is -2.29. The van der Waals surface area contributed by atoms with Crippen LogP contribution in [0.2, 0.25) is 5.02 Å². The minimum absolute atomic E-state index is 0.190. The fourth-order valence-electron chi connectivity index (χ4n) is 4.28. The van der Waals surface area contributed by atoms with Crippen LogP contribution >= 0.6 is 11.6 Å². The van der Waals surface area contributed by atoms with Gasteiger partial charge < -0.3 is 4.74 Å². The fraction of sp³-hybridized carbons (Fsp3) is 0.148. The molecule has 1 atom stereocenters. The number of nitrogens with one attached hydrogen (secondary N) is 1. The Morgan fingerprint density at radius 1 is 1.03 bits per heavy atom. The molecule has 0 saturated heterocycles. The van der Waals surface area contributed by atoms with Crippen LogP contribution in [-0.4, -0.2) is 28.7 Å². The van der Waals surface area contributed by atoms with Crippen molar-refractivity contribution in [1.82, 2.24) is 10.2 Å². The molecule has 0 spiro atoms. The van der Waals surface area contributed by atoms with E-state index in [-0.39, 0.29) is 5.91 Å². The lowest BCUT2D eigenvalue weighted by molar-refractivity contribution is 0.0526. The first-order valence-corrected chi connectivity index (χ1v) is 11.4. The van der Waals surface area contributed by atoms with E-state index in [1.54, 1.807) is 36.1 Å². The molecule has 170 valence electrons. The third-order valence-electron chi connectivity index (χ3n) is 5.94. The van der Waals surface area contributed by atoms with Gasteiger partial charge in [-0.25, -0.2) is 4.79 Å². The Hall–Kier alpha value is -3.90. The van der Waals surface area contributed by atoms with Crippen LogP contribution in [0.4, 0.5) is 5.69 Å². The molecule has 34 heavy (non-hydrogen) atoms. The molecule has 3 aromatic carbocycles. The van der Waals surface area contributed by atoms with Crippen LogP contribution in [0.1, 0.15) is 50.5 Å². The lowest BCUT2D eigenvalue weighted by Gasteiger charge is -2.26. The second-order valence-electron chi connectivity index (χ2n) is 8.12. The van der Waals surface area contributed by atoms with Gasteiger partial charge in [-0.15, -0.1) is 0 Å². The second kappa shape index (κ2) is 8.80. The summed E-state index contributed by atoms with van der Waals surface area (Å²) >= 11 is 6.15. The number of nitrogens with zero attached hydrogens (tertiary/aromatic N) is 2. The number of carbonyl (C=O) groups is 2. The molecule has 1 N–H and O–H groups in total. The van der Waals surface area contributed by atoms with Crippen LogP contribution in [-0.2, 0) is 4.74 Å². The van der Waals surface area contributed by atoms with Gasteiger partial charge in [0.05, 0.1) is 23.9 Å². The molecule has 1 amide bonds. The number of carbonyl (C=O) groups excluding carboxylic acids is 2. The maximum atomic E-state index is 13.6. The first kappa shape index (κ1) is 21.9. The van der Waals surface area contributed by atoms with Crippen molar-refractivity contribution in [2.75, 3.05) is 11.5 Å². The van der Waals surface area contributed by atoms with E-state index in [2.05, 4.69) is 10.2 Å². The van der Waals surface area contributed by atoms with E-state index in [0.29, 0.717) is 28.6 Å². The molecule has 0 aliphatic carbocycles. The standard InChI is InChI=1S/C27H22ClN3O3/c1-3-34-27(33)19-10-14-21(15-11-19)31-25(18-8-12-20(28)13-9-18)22-23(29-30-24(22)26(31)32)17-6-4-16(2)5-7-17/h4-15,25H,3H2,1-2H3,(H,29,30)/t25-/m1/s1. The highest BCUT2D eigenvalue weighted by Crippen LogP contribution is 2.45. The summed E-state index contributed by atoms with van der Waals surface area (Å²) in [6.07, 6.45) is 0. The second-order valence-corrected chi connectivity index (χ2v) is 8.56. The van der Waals surface area contributed by atoms with E-state index in [1.165, 1.54) is 0 Å². The molecule has 0 saturated carbocycles. The van der Waals surface area contributed by atoms with Crippen molar-refractivity contribution >= 4 is 29.2 Å². The third kappa shape index (κ3) is 3.76. The van der Waals surface area contributed by atoms with E-state index in [1.807, 2.05) is 55.5 Å². The number of anilines is 1. The topological polar surface area (TPSA) is 75.3 Å². The van der Waals surface area contributed by atoms with Crippen LogP contribution in [0.3, 0.4) is 0 Å². The first-order valence-electron chi connectivity index (χ1n) is 11.0. The number of hydrogen-bond donors (Lipinski definition) is 1. The highest BCUT2D eigenvalue weighted by Gasteiger charge is 2.43. The molecule has 5 rings (SSSR count). The predicted octanol–water partition coefficient (Wildman–Crippen LogP) is 5.97. The Kier molecular flexibility index (Phi) is 5.67. The maximum absolute atomic E-state index is 13.6. The van der Waals surface area contributed by atoms with Gasteiger partial charge in [-0.1, -0.05) is 53.6 Å². The van der Waals surface area contributed by atoms with Crippen molar-refractivity contribution in [3.05, 3.63) is 106 Å². The molecular weight excluding hydrogens is 450 g/mol. The number of H-pyrrole nitrogens is 1. The minimum Gasteiger partial charge on any atom is -0.462 e. The van der Waals surface area contributed by atoms with Crippen LogP contribution in [0, 0.1) is 6.92 Å². The number of aromatic amines is 1. The lowest BCUT2D eigenvalue weighted by atomic mass is 9.95. The summed E-state index contributed by atoms with van der Waals surface area (Å²) < 4.78 is 5.08. The molecule has 0 fully saturated rings. The molecule has 2 heterocycles. The minimum atomic E-state index is -0.414. The van der Waals surface area contributed by atoms with E-state index in [0.717, 1.165) is 27.9 Å². The van der Waals surface area contributed by atoms with Crippen molar-refractivity contribution in [3.8, 4) is 11.3 Å². The normalized spacial score (nSPS) is 14.9. The Morgan fingerprint density at radius 3 is 2.35 bits per heavy atom. The molecule has 1 aromatic heterocycles. The summed E-state index contributed by atoms with van der Waals surface area (Å²) in [4.78, 5) is 27.4. The van der Waals surface area contributed by atoms with Crippen LogP contribution in [0.5, 0.6) is 0 Å². The number of benzene rings is 3. The highest BCUT2D eigenvalue weighted by molar-refractivity contribution is 6.30.